The van der Waals surface area contributed by atoms with Gasteiger partial charge in [0, 0.05) is 88.7 Å². The van der Waals surface area contributed by atoms with Gasteiger partial charge in [0.2, 0.25) is 11.8 Å². The van der Waals surface area contributed by atoms with Crippen molar-refractivity contribution in [2.75, 3.05) is 75.8 Å². The van der Waals surface area contributed by atoms with Crippen molar-refractivity contribution in [3.05, 3.63) is 41.0 Å². The van der Waals surface area contributed by atoms with E-state index in [1.807, 2.05) is 17.2 Å². The number of nitrogens with one attached hydrogen (secondary N) is 1. The lowest BCUT2D eigenvalue weighted by atomic mass is 10.1. The molecular weight excluding hydrogens is 590 g/mol. The van der Waals surface area contributed by atoms with E-state index in [0.29, 0.717) is 25.9 Å². The molecule has 11 nitrogen and oxygen atoms in total. The first-order valence-electron chi connectivity index (χ1n) is 16.3. The summed E-state index contributed by atoms with van der Waals surface area (Å²) in [6, 6.07) is 6.02. The Kier molecular flexibility index (Phi) is 10.0. The lowest BCUT2D eigenvalue weighted by Crippen LogP contribution is -2.39. The predicted molar refractivity (Wildman–Crippen MR) is 177 cm³/mol. The van der Waals surface area contributed by atoms with E-state index in [-0.39, 0.29) is 24.0 Å². The van der Waals surface area contributed by atoms with E-state index in [9.17, 15) is 14.7 Å². The Morgan fingerprint density at radius 2 is 1.98 bits per heavy atom. The standard InChI is InChI=1S/C33H45N7O4S/c1-23-20-24-6-3-10-35-30(24)31(32(23)44-2)39-14-5-13-37(18-19-39)27(21-28(42)34-11-17-38-12-4-7-29(38)43)26-22-45-33(36-26)40-15-8-25(41)9-16-40/h3,6,10,20,22,25,27,41H,4-5,7-9,11-19,21H2,1-2H3,(H,34,42). The zero-order valence-electron chi connectivity index (χ0n) is 26.4. The van der Waals surface area contributed by atoms with Crippen LogP contribution in [0.25, 0.3) is 10.9 Å². The highest BCUT2D eigenvalue weighted by atomic mass is 32.1. The van der Waals surface area contributed by atoms with Gasteiger partial charge in [-0.3, -0.25) is 19.5 Å². The number of fused-ring (bicyclic) bond motifs is 1. The number of ether oxygens (including phenoxy) is 1. The second-order valence-corrected chi connectivity index (χ2v) is 13.2. The Balaban J connectivity index is 1.20. The Bertz CT molecular complexity index is 1490. The van der Waals surface area contributed by atoms with Crippen LogP contribution >= 0.6 is 11.3 Å². The van der Waals surface area contributed by atoms with Crippen LogP contribution in [-0.4, -0.2) is 109 Å². The number of piperidine rings is 1. The number of methoxy groups -OCH3 is 1. The smallest absolute Gasteiger partial charge is 0.222 e. The number of rotatable bonds is 10. The average molecular weight is 636 g/mol. The van der Waals surface area contributed by atoms with Crippen molar-refractivity contribution >= 4 is 44.9 Å². The Hall–Kier alpha value is -3.48. The van der Waals surface area contributed by atoms with Gasteiger partial charge in [-0.25, -0.2) is 4.98 Å². The minimum atomic E-state index is -0.243. The van der Waals surface area contributed by atoms with Crippen LogP contribution in [0.15, 0.2) is 29.8 Å². The molecule has 3 aromatic rings. The number of hydrogen-bond donors (Lipinski definition) is 2. The van der Waals surface area contributed by atoms with Crippen molar-refractivity contribution in [2.24, 2.45) is 0 Å². The quantitative estimate of drug-likeness (QED) is 0.346. The zero-order chi connectivity index (χ0) is 31.3. The Morgan fingerprint density at radius 3 is 2.76 bits per heavy atom. The van der Waals surface area contributed by atoms with Gasteiger partial charge in [-0.05, 0) is 50.3 Å². The molecule has 0 spiro atoms. The molecule has 1 unspecified atom stereocenters. The molecule has 0 aliphatic carbocycles. The summed E-state index contributed by atoms with van der Waals surface area (Å²) in [6.07, 6.45) is 5.79. The van der Waals surface area contributed by atoms with E-state index >= 15 is 0 Å². The highest BCUT2D eigenvalue weighted by molar-refractivity contribution is 7.13. The first kappa shape index (κ1) is 31.5. The molecule has 0 saturated carbocycles. The van der Waals surface area contributed by atoms with Gasteiger partial charge in [0.25, 0.3) is 0 Å². The fourth-order valence-corrected chi connectivity index (χ4v) is 7.85. The number of aromatic nitrogens is 2. The fraction of sp³-hybridized carbons (Fsp3) is 0.576. The van der Waals surface area contributed by atoms with Gasteiger partial charge < -0.3 is 29.9 Å². The number of anilines is 2. The van der Waals surface area contributed by atoms with Crippen LogP contribution < -0.4 is 19.9 Å². The van der Waals surface area contributed by atoms with Crippen molar-refractivity contribution in [2.45, 2.75) is 57.6 Å². The van der Waals surface area contributed by atoms with E-state index in [0.717, 1.165) is 110 Å². The molecule has 1 atom stereocenters. The first-order valence-corrected chi connectivity index (χ1v) is 17.1. The Labute approximate surface area is 269 Å². The molecule has 242 valence electrons. The maximum atomic E-state index is 13.4. The van der Waals surface area contributed by atoms with Crippen molar-refractivity contribution in [1.29, 1.82) is 0 Å². The third-order valence-electron chi connectivity index (χ3n) is 9.34. The van der Waals surface area contributed by atoms with Gasteiger partial charge in [0.05, 0.1) is 30.5 Å². The summed E-state index contributed by atoms with van der Waals surface area (Å²) >= 11 is 1.62. The molecule has 6 rings (SSSR count). The van der Waals surface area contributed by atoms with Crippen LogP contribution in [0.5, 0.6) is 5.75 Å². The summed E-state index contributed by atoms with van der Waals surface area (Å²) in [6.45, 7) is 8.63. The maximum Gasteiger partial charge on any atom is 0.222 e. The zero-order valence-corrected chi connectivity index (χ0v) is 27.2. The second kappa shape index (κ2) is 14.3. The average Bonchev–Trinajstić information content (AvgIpc) is 3.62. The topological polar surface area (TPSA) is 114 Å². The number of carbonyl (C=O) groups excluding carboxylic acids is 2. The number of thiazole rings is 1. The molecule has 0 bridgehead atoms. The second-order valence-electron chi connectivity index (χ2n) is 12.4. The molecule has 5 heterocycles. The monoisotopic (exact) mass is 635 g/mol. The van der Waals surface area contributed by atoms with Crippen LogP contribution in [-0.2, 0) is 9.59 Å². The third kappa shape index (κ3) is 7.18. The highest BCUT2D eigenvalue weighted by Crippen LogP contribution is 2.39. The largest absolute Gasteiger partial charge is 0.494 e. The third-order valence-corrected chi connectivity index (χ3v) is 10.3. The molecule has 3 saturated heterocycles. The number of nitrogens with zero attached hydrogens (tertiary/aromatic N) is 6. The molecule has 3 aliphatic rings. The van der Waals surface area contributed by atoms with Crippen LogP contribution in [0, 0.1) is 6.92 Å². The van der Waals surface area contributed by atoms with E-state index in [1.54, 1.807) is 18.4 Å². The van der Waals surface area contributed by atoms with E-state index in [2.05, 4.69) is 44.5 Å². The molecular formula is C33H45N7O4S. The van der Waals surface area contributed by atoms with E-state index in [1.165, 1.54) is 0 Å². The highest BCUT2D eigenvalue weighted by Gasteiger charge is 2.31. The van der Waals surface area contributed by atoms with Gasteiger partial charge in [-0.2, -0.15) is 0 Å². The number of amides is 2. The van der Waals surface area contributed by atoms with E-state index in [4.69, 9.17) is 14.7 Å². The van der Waals surface area contributed by atoms with Crippen molar-refractivity contribution in [1.82, 2.24) is 25.1 Å². The summed E-state index contributed by atoms with van der Waals surface area (Å²) in [5.74, 6) is 1.00. The number of likely N-dealkylation sites (tertiary alicyclic amines) is 1. The molecule has 2 aromatic heterocycles. The Morgan fingerprint density at radius 1 is 1.13 bits per heavy atom. The van der Waals surface area contributed by atoms with Gasteiger partial charge in [-0.15, -0.1) is 11.3 Å². The van der Waals surface area contributed by atoms with E-state index < -0.39 is 0 Å². The summed E-state index contributed by atoms with van der Waals surface area (Å²) < 4.78 is 5.92. The molecule has 45 heavy (non-hydrogen) atoms. The molecule has 3 fully saturated rings. The molecule has 3 aliphatic heterocycles. The number of aryl methyl sites for hydroxylation is 1. The summed E-state index contributed by atoms with van der Waals surface area (Å²) in [4.78, 5) is 44.1. The van der Waals surface area contributed by atoms with Crippen molar-refractivity contribution in [3.63, 3.8) is 0 Å². The van der Waals surface area contributed by atoms with Gasteiger partial charge >= 0.3 is 0 Å². The molecule has 2 amide bonds. The van der Waals surface area contributed by atoms with Crippen LogP contribution in [0.3, 0.4) is 0 Å². The summed E-state index contributed by atoms with van der Waals surface area (Å²) in [7, 11) is 1.72. The van der Waals surface area contributed by atoms with Crippen LogP contribution in [0.4, 0.5) is 10.8 Å². The lowest BCUT2D eigenvalue weighted by Gasteiger charge is -2.31. The number of pyridine rings is 1. The van der Waals surface area contributed by atoms with Crippen LogP contribution in [0.1, 0.15) is 55.8 Å². The summed E-state index contributed by atoms with van der Waals surface area (Å²) in [5, 5.41) is 17.2. The first-order chi connectivity index (χ1) is 21.9. The number of benzene rings is 1. The number of aliphatic hydroxyl groups is 1. The molecule has 2 N–H and O–H groups in total. The normalized spacial score (nSPS) is 19.3. The van der Waals surface area contributed by atoms with Crippen molar-refractivity contribution in [3.8, 4) is 5.75 Å². The molecule has 0 radical (unpaired) electrons. The minimum absolute atomic E-state index is 0.0288. The SMILES string of the molecule is COc1c(C)cc2cccnc2c1N1CCCN(C(CC(=O)NCCN2CCCC2=O)c2csc(N3CCC(O)CC3)n2)CC1. The van der Waals surface area contributed by atoms with Gasteiger partial charge in [-0.1, -0.05) is 6.07 Å². The molecule has 1 aromatic carbocycles. The lowest BCUT2D eigenvalue weighted by molar-refractivity contribution is -0.128. The van der Waals surface area contributed by atoms with Crippen molar-refractivity contribution < 1.29 is 19.4 Å². The number of carbonyl (C=O) groups is 2. The number of aliphatic hydroxyl groups excluding tert-OH is 1. The fourth-order valence-electron chi connectivity index (χ4n) is 6.92. The van der Waals surface area contributed by atoms with Gasteiger partial charge in [0.15, 0.2) is 5.13 Å². The summed E-state index contributed by atoms with van der Waals surface area (Å²) in [5.41, 5.74) is 3.97. The van der Waals surface area contributed by atoms with Gasteiger partial charge in [0.1, 0.15) is 11.4 Å². The predicted octanol–water partition coefficient (Wildman–Crippen LogP) is 3.35. The van der Waals surface area contributed by atoms with Crippen LogP contribution in [0.2, 0.25) is 0 Å². The molecule has 12 heteroatoms. The maximum absolute atomic E-state index is 13.4. The number of hydrogen-bond acceptors (Lipinski definition) is 10. The minimum Gasteiger partial charge on any atom is -0.494 e.